The van der Waals surface area contributed by atoms with Gasteiger partial charge in [-0.25, -0.2) is 0 Å². The van der Waals surface area contributed by atoms with Crippen molar-refractivity contribution in [2.24, 2.45) is 0 Å². The van der Waals surface area contributed by atoms with Crippen LogP contribution in [0.1, 0.15) is 26.7 Å². The van der Waals surface area contributed by atoms with E-state index in [0.717, 1.165) is 0 Å². The number of amides is 1. The van der Waals surface area contributed by atoms with E-state index in [-0.39, 0.29) is 38.4 Å². The number of alkyl halides is 3. The van der Waals surface area contributed by atoms with Crippen LogP contribution in [0.25, 0.3) is 0 Å². The van der Waals surface area contributed by atoms with Crippen LogP contribution in [0, 0.1) is 0 Å². The molecule has 0 radical (unpaired) electrons. The standard InChI is InChI=1S/C12H21F3N2O2/c1-3-17(4-2)10(18)9-16-7-5-11(19,6-8-16)12(13,14)15/h19H,3-9H2,1-2H3. The van der Waals surface area contributed by atoms with E-state index in [9.17, 15) is 23.1 Å². The third kappa shape index (κ3) is 3.82. The SMILES string of the molecule is CCN(CC)C(=O)CN1CCC(O)(C(F)(F)F)CC1. The minimum Gasteiger partial charge on any atom is -0.380 e. The van der Waals surface area contributed by atoms with Gasteiger partial charge in [0.15, 0.2) is 5.60 Å². The fourth-order valence-corrected chi connectivity index (χ4v) is 2.23. The number of rotatable bonds is 4. The molecule has 1 N–H and O–H groups in total. The van der Waals surface area contributed by atoms with Crippen LogP contribution in [0.2, 0.25) is 0 Å². The molecule has 0 aromatic rings. The first-order valence-electron chi connectivity index (χ1n) is 6.52. The van der Waals surface area contributed by atoms with Crippen LogP contribution in [0.3, 0.4) is 0 Å². The Morgan fingerprint density at radius 3 is 2.11 bits per heavy atom. The Bertz CT molecular complexity index is 309. The van der Waals surface area contributed by atoms with Crippen molar-refractivity contribution in [2.45, 2.75) is 38.5 Å². The number of carbonyl (C=O) groups excluding carboxylic acids is 1. The van der Waals surface area contributed by atoms with E-state index in [1.807, 2.05) is 13.8 Å². The highest BCUT2D eigenvalue weighted by molar-refractivity contribution is 5.78. The number of hydrogen-bond donors (Lipinski definition) is 1. The van der Waals surface area contributed by atoms with Gasteiger partial charge in [0.2, 0.25) is 5.91 Å². The summed E-state index contributed by atoms with van der Waals surface area (Å²) in [5, 5.41) is 9.51. The molecule has 1 heterocycles. The van der Waals surface area contributed by atoms with Crippen molar-refractivity contribution in [3.63, 3.8) is 0 Å². The van der Waals surface area contributed by atoms with Crippen LogP contribution in [0.5, 0.6) is 0 Å². The molecule has 0 unspecified atom stereocenters. The smallest absolute Gasteiger partial charge is 0.380 e. The normalized spacial score (nSPS) is 20.3. The van der Waals surface area contributed by atoms with Crippen molar-refractivity contribution in [1.29, 1.82) is 0 Å². The molecule has 0 atom stereocenters. The third-order valence-corrected chi connectivity index (χ3v) is 3.69. The highest BCUT2D eigenvalue weighted by Gasteiger charge is 2.54. The van der Waals surface area contributed by atoms with Crippen molar-refractivity contribution in [3.8, 4) is 0 Å². The lowest BCUT2D eigenvalue weighted by Gasteiger charge is -2.39. The molecule has 1 amide bonds. The van der Waals surface area contributed by atoms with Gasteiger partial charge in [0.1, 0.15) is 0 Å². The first-order chi connectivity index (χ1) is 8.73. The van der Waals surface area contributed by atoms with E-state index in [4.69, 9.17) is 0 Å². The van der Waals surface area contributed by atoms with Gasteiger partial charge >= 0.3 is 6.18 Å². The second-order valence-electron chi connectivity index (χ2n) is 4.87. The Kier molecular flexibility index (Phi) is 5.20. The van der Waals surface area contributed by atoms with Crippen LogP contribution in [0.4, 0.5) is 13.2 Å². The summed E-state index contributed by atoms with van der Waals surface area (Å²) in [5.41, 5.74) is -2.60. The van der Waals surface area contributed by atoms with E-state index in [1.165, 1.54) is 0 Å². The lowest BCUT2D eigenvalue weighted by molar-refractivity contribution is -0.272. The largest absolute Gasteiger partial charge is 0.417 e. The predicted molar refractivity (Wildman–Crippen MR) is 64.6 cm³/mol. The Morgan fingerprint density at radius 2 is 1.74 bits per heavy atom. The summed E-state index contributed by atoms with van der Waals surface area (Å²) in [6.07, 6.45) is -5.34. The summed E-state index contributed by atoms with van der Waals surface area (Å²) in [6, 6.07) is 0. The summed E-state index contributed by atoms with van der Waals surface area (Å²) in [4.78, 5) is 15.1. The molecule has 19 heavy (non-hydrogen) atoms. The van der Waals surface area contributed by atoms with Crippen molar-refractivity contribution in [3.05, 3.63) is 0 Å². The van der Waals surface area contributed by atoms with Crippen molar-refractivity contribution >= 4 is 5.91 Å². The molecule has 0 aromatic carbocycles. The maximum Gasteiger partial charge on any atom is 0.417 e. The number of nitrogens with zero attached hydrogens (tertiary/aromatic N) is 2. The van der Waals surface area contributed by atoms with E-state index >= 15 is 0 Å². The van der Waals surface area contributed by atoms with Crippen LogP contribution in [-0.2, 0) is 4.79 Å². The molecule has 1 rings (SSSR count). The molecule has 0 aromatic heterocycles. The highest BCUT2D eigenvalue weighted by atomic mass is 19.4. The molecule has 0 aliphatic carbocycles. The van der Waals surface area contributed by atoms with Crippen molar-refractivity contribution < 1.29 is 23.1 Å². The zero-order valence-corrected chi connectivity index (χ0v) is 11.3. The van der Waals surface area contributed by atoms with Gasteiger partial charge in [0, 0.05) is 26.2 Å². The Balaban J connectivity index is 2.49. The van der Waals surface area contributed by atoms with E-state index in [0.29, 0.717) is 13.1 Å². The van der Waals surface area contributed by atoms with Gasteiger partial charge in [-0.05, 0) is 26.7 Å². The first kappa shape index (κ1) is 16.2. The number of halogens is 3. The van der Waals surface area contributed by atoms with Gasteiger partial charge in [0.05, 0.1) is 6.54 Å². The topological polar surface area (TPSA) is 43.8 Å². The zero-order valence-electron chi connectivity index (χ0n) is 11.3. The van der Waals surface area contributed by atoms with Gasteiger partial charge < -0.3 is 10.0 Å². The molecule has 1 aliphatic heterocycles. The monoisotopic (exact) mass is 282 g/mol. The summed E-state index contributed by atoms with van der Waals surface area (Å²) in [6.45, 7) is 5.20. The third-order valence-electron chi connectivity index (χ3n) is 3.69. The predicted octanol–water partition coefficient (Wildman–Crippen LogP) is 1.24. The lowest BCUT2D eigenvalue weighted by atomic mass is 9.91. The molecule has 4 nitrogen and oxygen atoms in total. The van der Waals surface area contributed by atoms with Crippen molar-refractivity contribution in [2.75, 3.05) is 32.7 Å². The van der Waals surface area contributed by atoms with E-state index < -0.39 is 11.8 Å². The van der Waals surface area contributed by atoms with Crippen LogP contribution in [-0.4, -0.2) is 65.3 Å². The minimum absolute atomic E-state index is 0.0811. The van der Waals surface area contributed by atoms with Gasteiger partial charge in [-0.2, -0.15) is 13.2 Å². The molecule has 1 saturated heterocycles. The summed E-state index contributed by atoms with van der Waals surface area (Å²) in [5.74, 6) is -0.0811. The number of likely N-dealkylation sites (tertiary alicyclic amines) is 1. The van der Waals surface area contributed by atoms with E-state index in [2.05, 4.69) is 0 Å². The fraction of sp³-hybridized carbons (Fsp3) is 0.917. The zero-order chi connectivity index (χ0) is 14.7. The molecule has 112 valence electrons. The molecule has 0 spiro atoms. The van der Waals surface area contributed by atoms with Crippen LogP contribution >= 0.6 is 0 Å². The highest BCUT2D eigenvalue weighted by Crippen LogP contribution is 2.38. The quantitative estimate of drug-likeness (QED) is 0.844. The molecule has 7 heteroatoms. The summed E-state index contributed by atoms with van der Waals surface area (Å²) in [7, 11) is 0. The Morgan fingerprint density at radius 1 is 1.26 bits per heavy atom. The number of carbonyl (C=O) groups is 1. The number of aliphatic hydroxyl groups is 1. The second-order valence-corrected chi connectivity index (χ2v) is 4.87. The lowest BCUT2D eigenvalue weighted by Crippen LogP contribution is -2.54. The van der Waals surface area contributed by atoms with Crippen LogP contribution < -0.4 is 0 Å². The molecule has 0 saturated carbocycles. The Labute approximate surface area is 111 Å². The number of piperidine rings is 1. The van der Waals surface area contributed by atoms with Gasteiger partial charge in [0.25, 0.3) is 0 Å². The van der Waals surface area contributed by atoms with Gasteiger partial charge in [-0.15, -0.1) is 0 Å². The van der Waals surface area contributed by atoms with E-state index in [1.54, 1.807) is 9.80 Å². The van der Waals surface area contributed by atoms with Gasteiger partial charge in [-0.1, -0.05) is 0 Å². The molecule has 1 fully saturated rings. The minimum atomic E-state index is -4.60. The summed E-state index contributed by atoms with van der Waals surface area (Å²) >= 11 is 0. The van der Waals surface area contributed by atoms with Gasteiger partial charge in [-0.3, -0.25) is 9.69 Å². The van der Waals surface area contributed by atoms with Crippen LogP contribution in [0.15, 0.2) is 0 Å². The number of hydrogen-bond acceptors (Lipinski definition) is 3. The molecular formula is C12H21F3N2O2. The summed E-state index contributed by atoms with van der Waals surface area (Å²) < 4.78 is 37.8. The average Bonchev–Trinajstić information content (AvgIpc) is 2.32. The number of likely N-dealkylation sites (N-methyl/N-ethyl adjacent to an activating group) is 1. The fourth-order valence-electron chi connectivity index (χ4n) is 2.23. The molecule has 0 bridgehead atoms. The van der Waals surface area contributed by atoms with Crippen molar-refractivity contribution in [1.82, 2.24) is 9.80 Å². The molecular weight excluding hydrogens is 261 g/mol. The maximum absolute atomic E-state index is 12.6. The maximum atomic E-state index is 12.6. The molecule has 1 aliphatic rings. The average molecular weight is 282 g/mol. The second kappa shape index (κ2) is 6.09. The first-order valence-corrected chi connectivity index (χ1v) is 6.52. The Hall–Kier alpha value is -0.820.